The van der Waals surface area contributed by atoms with Crippen LogP contribution in [0.5, 0.6) is 0 Å². The summed E-state index contributed by atoms with van der Waals surface area (Å²) < 4.78 is 0. The van der Waals surface area contributed by atoms with E-state index in [2.05, 4.69) is 10.6 Å². The lowest BCUT2D eigenvalue weighted by Crippen LogP contribution is -2.52. The van der Waals surface area contributed by atoms with Crippen molar-refractivity contribution in [3.63, 3.8) is 0 Å². The number of hydrogen-bond acceptors (Lipinski definition) is 4. The van der Waals surface area contributed by atoms with Crippen molar-refractivity contribution in [2.24, 2.45) is 0 Å². The number of para-hydroxylation sites is 1. The SMILES string of the molecule is CNC(=O)[C@@H]1Cc2ccccc2CN1C(=O)CC[C@@H]1NC(=O)N(c2ccccc2)C1=O. The van der Waals surface area contributed by atoms with Gasteiger partial charge in [-0.1, -0.05) is 42.5 Å². The fourth-order valence-corrected chi connectivity index (χ4v) is 4.15. The summed E-state index contributed by atoms with van der Waals surface area (Å²) in [7, 11) is 1.55. The van der Waals surface area contributed by atoms with Crippen molar-refractivity contribution in [1.82, 2.24) is 15.5 Å². The second-order valence-corrected chi connectivity index (χ2v) is 7.67. The van der Waals surface area contributed by atoms with Gasteiger partial charge in [0.25, 0.3) is 5.91 Å². The summed E-state index contributed by atoms with van der Waals surface area (Å²) in [6.07, 6.45) is 0.669. The molecule has 2 aromatic carbocycles. The molecule has 1 saturated heterocycles. The topological polar surface area (TPSA) is 98.8 Å². The van der Waals surface area contributed by atoms with Crippen LogP contribution in [-0.2, 0) is 27.3 Å². The molecular weight excluding hydrogens is 396 g/mol. The molecule has 0 aromatic heterocycles. The molecule has 5 amide bonds. The third kappa shape index (κ3) is 4.01. The van der Waals surface area contributed by atoms with E-state index in [0.717, 1.165) is 16.0 Å². The van der Waals surface area contributed by atoms with E-state index in [4.69, 9.17) is 0 Å². The molecule has 2 heterocycles. The molecule has 2 aliphatic heterocycles. The highest BCUT2D eigenvalue weighted by molar-refractivity contribution is 6.21. The Bertz CT molecular complexity index is 1020. The van der Waals surface area contributed by atoms with Gasteiger partial charge in [-0.05, 0) is 29.7 Å². The van der Waals surface area contributed by atoms with E-state index in [1.54, 1.807) is 42.3 Å². The maximum absolute atomic E-state index is 13.0. The lowest BCUT2D eigenvalue weighted by atomic mass is 9.93. The largest absolute Gasteiger partial charge is 0.357 e. The van der Waals surface area contributed by atoms with Gasteiger partial charge in [-0.2, -0.15) is 0 Å². The number of rotatable bonds is 5. The second-order valence-electron chi connectivity index (χ2n) is 7.67. The average molecular weight is 420 g/mol. The fourth-order valence-electron chi connectivity index (χ4n) is 4.15. The lowest BCUT2D eigenvalue weighted by molar-refractivity contribution is -0.141. The number of hydrogen-bond donors (Lipinski definition) is 2. The van der Waals surface area contributed by atoms with Crippen LogP contribution in [0.4, 0.5) is 10.5 Å². The zero-order valence-electron chi connectivity index (χ0n) is 17.2. The molecule has 31 heavy (non-hydrogen) atoms. The van der Waals surface area contributed by atoms with E-state index < -0.39 is 18.1 Å². The minimum atomic E-state index is -0.771. The van der Waals surface area contributed by atoms with Crippen LogP contribution in [0.25, 0.3) is 0 Å². The molecule has 8 nitrogen and oxygen atoms in total. The molecule has 0 aliphatic carbocycles. The van der Waals surface area contributed by atoms with E-state index in [1.165, 1.54) is 0 Å². The number of nitrogens with zero attached hydrogens (tertiary/aromatic N) is 2. The first-order chi connectivity index (χ1) is 15.0. The fraction of sp³-hybridized carbons (Fsp3) is 0.304. The first-order valence-electron chi connectivity index (χ1n) is 10.3. The molecule has 2 N–H and O–H groups in total. The van der Waals surface area contributed by atoms with Crippen molar-refractivity contribution >= 4 is 29.4 Å². The van der Waals surface area contributed by atoms with Crippen molar-refractivity contribution in [2.75, 3.05) is 11.9 Å². The number of imide groups is 1. The Morgan fingerprint density at radius 1 is 1.03 bits per heavy atom. The summed E-state index contributed by atoms with van der Waals surface area (Å²) in [5.41, 5.74) is 2.56. The van der Waals surface area contributed by atoms with Gasteiger partial charge in [0.15, 0.2) is 0 Å². The van der Waals surface area contributed by atoms with Gasteiger partial charge in [0, 0.05) is 26.4 Å². The summed E-state index contributed by atoms with van der Waals surface area (Å²) in [6.45, 7) is 0.341. The molecular formula is C23H24N4O4. The Morgan fingerprint density at radius 2 is 1.71 bits per heavy atom. The highest BCUT2D eigenvalue weighted by atomic mass is 16.2. The van der Waals surface area contributed by atoms with Gasteiger partial charge in [-0.3, -0.25) is 14.4 Å². The van der Waals surface area contributed by atoms with Crippen molar-refractivity contribution in [1.29, 1.82) is 0 Å². The van der Waals surface area contributed by atoms with Gasteiger partial charge in [-0.25, -0.2) is 9.69 Å². The minimum absolute atomic E-state index is 0.0506. The summed E-state index contributed by atoms with van der Waals surface area (Å²) in [6, 6.07) is 14.6. The molecule has 0 saturated carbocycles. The van der Waals surface area contributed by atoms with Gasteiger partial charge in [-0.15, -0.1) is 0 Å². The van der Waals surface area contributed by atoms with Crippen LogP contribution < -0.4 is 15.5 Å². The van der Waals surface area contributed by atoms with Crippen LogP contribution in [0.1, 0.15) is 24.0 Å². The van der Waals surface area contributed by atoms with Crippen LogP contribution >= 0.6 is 0 Å². The minimum Gasteiger partial charge on any atom is -0.357 e. The second kappa shape index (κ2) is 8.59. The number of carbonyl (C=O) groups excluding carboxylic acids is 4. The predicted molar refractivity (Wildman–Crippen MR) is 114 cm³/mol. The number of fused-ring (bicyclic) bond motifs is 1. The summed E-state index contributed by atoms with van der Waals surface area (Å²) in [4.78, 5) is 53.2. The van der Waals surface area contributed by atoms with Crippen molar-refractivity contribution in [3.8, 4) is 0 Å². The summed E-state index contributed by atoms with van der Waals surface area (Å²) in [5, 5.41) is 5.29. The average Bonchev–Trinajstić information content (AvgIpc) is 3.09. The molecule has 0 unspecified atom stereocenters. The third-order valence-electron chi connectivity index (χ3n) is 5.80. The van der Waals surface area contributed by atoms with Crippen LogP contribution in [0.15, 0.2) is 54.6 Å². The number of urea groups is 1. The summed E-state index contributed by atoms with van der Waals surface area (Å²) >= 11 is 0. The zero-order chi connectivity index (χ0) is 22.0. The first kappa shape index (κ1) is 20.6. The normalized spacial score (nSPS) is 20.3. The maximum atomic E-state index is 13.0. The van der Waals surface area contributed by atoms with Gasteiger partial charge in [0.05, 0.1) is 5.69 Å². The molecule has 0 spiro atoms. The monoisotopic (exact) mass is 420 g/mol. The first-order valence-corrected chi connectivity index (χ1v) is 10.3. The predicted octanol–water partition coefficient (Wildman–Crippen LogP) is 1.59. The Labute approximate surface area is 180 Å². The third-order valence-corrected chi connectivity index (χ3v) is 5.80. The molecule has 1 fully saturated rings. The smallest absolute Gasteiger partial charge is 0.329 e. The van der Waals surface area contributed by atoms with Crippen LogP contribution in [0.3, 0.4) is 0 Å². The van der Waals surface area contributed by atoms with E-state index in [-0.39, 0.29) is 30.6 Å². The Hall–Kier alpha value is -3.68. The molecule has 8 heteroatoms. The van der Waals surface area contributed by atoms with Crippen molar-refractivity contribution < 1.29 is 19.2 Å². The van der Waals surface area contributed by atoms with Crippen molar-refractivity contribution in [2.45, 2.75) is 37.9 Å². The molecule has 160 valence electrons. The standard InChI is InChI=1S/C23H24N4O4/c1-24-21(29)19-13-15-7-5-6-8-16(15)14-26(19)20(28)12-11-18-22(30)27(23(31)25-18)17-9-3-2-4-10-17/h2-10,18-19H,11-14H2,1H3,(H,24,29)(H,25,31)/t18-,19-/m0/s1. The highest BCUT2D eigenvalue weighted by Crippen LogP contribution is 2.25. The number of benzene rings is 2. The molecule has 2 aliphatic rings. The van der Waals surface area contributed by atoms with Crippen LogP contribution in [0, 0.1) is 0 Å². The molecule has 4 rings (SSSR count). The van der Waals surface area contributed by atoms with Crippen LogP contribution in [0.2, 0.25) is 0 Å². The Kier molecular flexibility index (Phi) is 5.70. The number of nitrogens with one attached hydrogen (secondary N) is 2. The lowest BCUT2D eigenvalue weighted by Gasteiger charge is -2.36. The summed E-state index contributed by atoms with van der Waals surface area (Å²) in [5.74, 6) is -0.817. The van der Waals surface area contributed by atoms with Crippen molar-refractivity contribution in [3.05, 3.63) is 65.7 Å². The molecule has 0 bridgehead atoms. The molecule has 2 aromatic rings. The molecule has 2 atom stereocenters. The van der Waals surface area contributed by atoms with E-state index in [9.17, 15) is 19.2 Å². The maximum Gasteiger partial charge on any atom is 0.329 e. The van der Waals surface area contributed by atoms with E-state index in [1.807, 2.05) is 24.3 Å². The number of carbonyl (C=O) groups is 4. The van der Waals surface area contributed by atoms with Gasteiger partial charge < -0.3 is 15.5 Å². The zero-order valence-corrected chi connectivity index (χ0v) is 17.2. The van der Waals surface area contributed by atoms with E-state index >= 15 is 0 Å². The number of amides is 5. The van der Waals surface area contributed by atoms with E-state index in [0.29, 0.717) is 18.7 Å². The quantitative estimate of drug-likeness (QED) is 0.718. The highest BCUT2D eigenvalue weighted by Gasteiger charge is 2.40. The van der Waals surface area contributed by atoms with Crippen LogP contribution in [-0.4, -0.2) is 47.8 Å². The number of anilines is 1. The van der Waals surface area contributed by atoms with Gasteiger partial charge in [0.1, 0.15) is 12.1 Å². The van der Waals surface area contributed by atoms with Gasteiger partial charge in [0.2, 0.25) is 11.8 Å². The number of likely N-dealkylation sites (N-methyl/N-ethyl adjacent to an activating group) is 1. The Balaban J connectivity index is 1.45. The Morgan fingerprint density at radius 3 is 2.42 bits per heavy atom. The van der Waals surface area contributed by atoms with Gasteiger partial charge >= 0.3 is 6.03 Å². The molecule has 0 radical (unpaired) electrons.